The van der Waals surface area contributed by atoms with Crippen LogP contribution in [0, 0.1) is 5.92 Å². The number of rotatable bonds is 6. The fourth-order valence-electron chi connectivity index (χ4n) is 2.89. The van der Waals surface area contributed by atoms with E-state index in [1.807, 2.05) is 0 Å². The zero-order valence-electron chi connectivity index (χ0n) is 11.0. The molecule has 0 bridgehead atoms. The van der Waals surface area contributed by atoms with E-state index >= 15 is 0 Å². The van der Waals surface area contributed by atoms with Gasteiger partial charge in [-0.1, -0.05) is 37.3 Å². The summed E-state index contributed by atoms with van der Waals surface area (Å²) in [5, 5.41) is 3.66. The molecule has 1 aliphatic rings. The molecular formula is C16H25N. The minimum Gasteiger partial charge on any atom is -0.314 e. The van der Waals surface area contributed by atoms with Crippen molar-refractivity contribution in [1.82, 2.24) is 5.32 Å². The number of hydrogen-bond donors (Lipinski definition) is 1. The Hall–Kier alpha value is -0.820. The standard InChI is InChI=1S/C16H25N/c1-2-12-17-16-11-10-15(13-16)9-8-14-6-4-3-5-7-14/h3-7,15-17H,2,8-13H2,1H3. The van der Waals surface area contributed by atoms with Gasteiger partial charge in [-0.3, -0.25) is 0 Å². The molecule has 1 N–H and O–H groups in total. The van der Waals surface area contributed by atoms with Crippen LogP contribution in [0.2, 0.25) is 0 Å². The number of hydrogen-bond acceptors (Lipinski definition) is 1. The maximum absolute atomic E-state index is 3.66. The lowest BCUT2D eigenvalue weighted by Gasteiger charge is -2.12. The van der Waals surface area contributed by atoms with Crippen LogP contribution in [-0.2, 0) is 6.42 Å². The third-order valence-electron chi connectivity index (χ3n) is 3.91. The Balaban J connectivity index is 1.68. The highest BCUT2D eigenvalue weighted by atomic mass is 14.9. The van der Waals surface area contributed by atoms with E-state index in [4.69, 9.17) is 0 Å². The summed E-state index contributed by atoms with van der Waals surface area (Å²) in [5.74, 6) is 0.949. The molecule has 17 heavy (non-hydrogen) atoms. The van der Waals surface area contributed by atoms with Gasteiger partial charge >= 0.3 is 0 Å². The molecule has 1 saturated carbocycles. The summed E-state index contributed by atoms with van der Waals surface area (Å²) in [6.07, 6.45) is 8.09. The second kappa shape index (κ2) is 6.80. The summed E-state index contributed by atoms with van der Waals surface area (Å²) in [4.78, 5) is 0. The highest BCUT2D eigenvalue weighted by Gasteiger charge is 2.23. The Labute approximate surface area is 106 Å². The van der Waals surface area contributed by atoms with Crippen molar-refractivity contribution < 1.29 is 0 Å². The van der Waals surface area contributed by atoms with Gasteiger partial charge in [-0.2, -0.15) is 0 Å². The fourth-order valence-corrected chi connectivity index (χ4v) is 2.89. The molecule has 2 rings (SSSR count). The maximum atomic E-state index is 3.66. The van der Waals surface area contributed by atoms with Crippen molar-refractivity contribution in [2.24, 2.45) is 5.92 Å². The van der Waals surface area contributed by atoms with Crippen molar-refractivity contribution in [3.63, 3.8) is 0 Å². The molecule has 0 aliphatic heterocycles. The molecule has 0 radical (unpaired) electrons. The molecule has 94 valence electrons. The first-order valence-corrected chi connectivity index (χ1v) is 7.15. The molecule has 0 spiro atoms. The van der Waals surface area contributed by atoms with Gasteiger partial charge in [0.25, 0.3) is 0 Å². The van der Waals surface area contributed by atoms with Gasteiger partial charge in [-0.05, 0) is 56.6 Å². The van der Waals surface area contributed by atoms with Crippen molar-refractivity contribution >= 4 is 0 Å². The average molecular weight is 231 g/mol. The largest absolute Gasteiger partial charge is 0.314 e. The number of aryl methyl sites for hydroxylation is 1. The van der Waals surface area contributed by atoms with Crippen molar-refractivity contribution in [1.29, 1.82) is 0 Å². The van der Waals surface area contributed by atoms with Gasteiger partial charge in [0.1, 0.15) is 0 Å². The van der Waals surface area contributed by atoms with Crippen LogP contribution in [0.1, 0.15) is 44.6 Å². The van der Waals surface area contributed by atoms with Gasteiger partial charge in [-0.15, -0.1) is 0 Å². The molecule has 0 saturated heterocycles. The van der Waals surface area contributed by atoms with Gasteiger partial charge in [0.05, 0.1) is 0 Å². The molecule has 0 heterocycles. The monoisotopic (exact) mass is 231 g/mol. The summed E-state index contributed by atoms with van der Waals surface area (Å²) in [6, 6.07) is 11.7. The number of nitrogens with one attached hydrogen (secondary N) is 1. The molecule has 1 aliphatic carbocycles. The predicted octanol–water partition coefficient (Wildman–Crippen LogP) is 3.79. The summed E-state index contributed by atoms with van der Waals surface area (Å²) in [7, 11) is 0. The van der Waals surface area contributed by atoms with Crippen LogP contribution in [0.4, 0.5) is 0 Å². The summed E-state index contributed by atoms with van der Waals surface area (Å²) in [6.45, 7) is 3.44. The van der Waals surface area contributed by atoms with E-state index in [1.54, 1.807) is 0 Å². The Kier molecular flexibility index (Phi) is 5.06. The molecule has 0 aromatic heterocycles. The maximum Gasteiger partial charge on any atom is 0.00698 e. The van der Waals surface area contributed by atoms with Crippen LogP contribution >= 0.6 is 0 Å². The van der Waals surface area contributed by atoms with E-state index in [2.05, 4.69) is 42.6 Å². The van der Waals surface area contributed by atoms with Crippen LogP contribution in [0.25, 0.3) is 0 Å². The smallest absolute Gasteiger partial charge is 0.00698 e. The zero-order valence-corrected chi connectivity index (χ0v) is 11.0. The quantitative estimate of drug-likeness (QED) is 0.785. The molecule has 1 fully saturated rings. The predicted molar refractivity (Wildman–Crippen MR) is 74.2 cm³/mol. The van der Waals surface area contributed by atoms with E-state index < -0.39 is 0 Å². The molecule has 1 heteroatoms. The zero-order chi connectivity index (χ0) is 11.9. The van der Waals surface area contributed by atoms with Gasteiger partial charge in [-0.25, -0.2) is 0 Å². The van der Waals surface area contributed by atoms with E-state index in [0.717, 1.165) is 12.0 Å². The fraction of sp³-hybridized carbons (Fsp3) is 0.625. The molecule has 2 atom stereocenters. The lowest BCUT2D eigenvalue weighted by atomic mass is 9.98. The Morgan fingerprint density at radius 3 is 2.76 bits per heavy atom. The van der Waals surface area contributed by atoms with Gasteiger partial charge < -0.3 is 5.32 Å². The van der Waals surface area contributed by atoms with Gasteiger partial charge in [0.2, 0.25) is 0 Å². The number of benzene rings is 1. The minimum atomic E-state index is 0.802. The Bertz CT molecular complexity index is 307. The van der Waals surface area contributed by atoms with Crippen LogP contribution < -0.4 is 5.32 Å². The first kappa shape index (κ1) is 12.6. The highest BCUT2D eigenvalue weighted by Crippen LogP contribution is 2.29. The summed E-state index contributed by atoms with van der Waals surface area (Å²) >= 11 is 0. The van der Waals surface area contributed by atoms with Crippen molar-refractivity contribution in [3.05, 3.63) is 35.9 Å². The van der Waals surface area contributed by atoms with Crippen LogP contribution in [0.3, 0.4) is 0 Å². The van der Waals surface area contributed by atoms with Gasteiger partial charge in [0, 0.05) is 6.04 Å². The van der Waals surface area contributed by atoms with Crippen LogP contribution in [0.15, 0.2) is 30.3 Å². The first-order valence-electron chi connectivity index (χ1n) is 7.15. The van der Waals surface area contributed by atoms with E-state index in [0.29, 0.717) is 0 Å². The Morgan fingerprint density at radius 2 is 2.00 bits per heavy atom. The molecule has 1 aromatic carbocycles. The third-order valence-corrected chi connectivity index (χ3v) is 3.91. The lowest BCUT2D eigenvalue weighted by molar-refractivity contribution is 0.464. The second-order valence-electron chi connectivity index (χ2n) is 5.35. The van der Waals surface area contributed by atoms with Gasteiger partial charge in [0.15, 0.2) is 0 Å². The average Bonchev–Trinajstić information content (AvgIpc) is 2.83. The molecule has 1 aromatic rings. The summed E-state index contributed by atoms with van der Waals surface area (Å²) in [5.41, 5.74) is 1.50. The SMILES string of the molecule is CCCNC1CCC(CCc2ccccc2)C1. The van der Waals surface area contributed by atoms with Crippen molar-refractivity contribution in [2.45, 2.75) is 51.5 Å². The molecule has 1 nitrogen and oxygen atoms in total. The van der Waals surface area contributed by atoms with E-state index in [9.17, 15) is 0 Å². The van der Waals surface area contributed by atoms with Crippen molar-refractivity contribution in [2.75, 3.05) is 6.54 Å². The molecule has 2 unspecified atom stereocenters. The molecular weight excluding hydrogens is 206 g/mol. The first-order chi connectivity index (χ1) is 8.38. The lowest BCUT2D eigenvalue weighted by Crippen LogP contribution is -2.27. The Morgan fingerprint density at radius 1 is 1.18 bits per heavy atom. The highest BCUT2D eigenvalue weighted by molar-refractivity contribution is 5.14. The van der Waals surface area contributed by atoms with E-state index in [1.165, 1.54) is 50.6 Å². The topological polar surface area (TPSA) is 12.0 Å². The van der Waals surface area contributed by atoms with Crippen molar-refractivity contribution in [3.8, 4) is 0 Å². The third kappa shape index (κ3) is 4.16. The normalized spacial score (nSPS) is 24.1. The van der Waals surface area contributed by atoms with Crippen LogP contribution in [-0.4, -0.2) is 12.6 Å². The summed E-state index contributed by atoms with van der Waals surface area (Å²) < 4.78 is 0. The van der Waals surface area contributed by atoms with Crippen LogP contribution in [0.5, 0.6) is 0 Å². The molecule has 0 amide bonds. The second-order valence-corrected chi connectivity index (χ2v) is 5.35. The van der Waals surface area contributed by atoms with E-state index in [-0.39, 0.29) is 0 Å². The minimum absolute atomic E-state index is 0.802.